The molecule has 0 saturated carbocycles. The SMILES string of the molecule is CN=C(NCc1ccc(C(=O)OC)cc1)N(C)CC1CCOC1. The molecule has 1 aromatic rings. The number of rotatable bonds is 5. The molecule has 23 heavy (non-hydrogen) atoms. The van der Waals surface area contributed by atoms with Crippen LogP contribution in [0, 0.1) is 5.92 Å². The normalized spacial score (nSPS) is 17.9. The molecular formula is C17H25N3O3. The van der Waals surface area contributed by atoms with Crippen LogP contribution >= 0.6 is 0 Å². The lowest BCUT2D eigenvalue weighted by Gasteiger charge is -2.24. The maximum atomic E-state index is 11.4. The van der Waals surface area contributed by atoms with E-state index in [1.54, 1.807) is 19.2 Å². The van der Waals surface area contributed by atoms with Gasteiger partial charge < -0.3 is 19.7 Å². The largest absolute Gasteiger partial charge is 0.465 e. The Morgan fingerprint density at radius 3 is 2.74 bits per heavy atom. The molecule has 0 amide bonds. The minimum absolute atomic E-state index is 0.321. The van der Waals surface area contributed by atoms with Crippen molar-refractivity contribution in [2.45, 2.75) is 13.0 Å². The van der Waals surface area contributed by atoms with Gasteiger partial charge in [0.1, 0.15) is 0 Å². The summed E-state index contributed by atoms with van der Waals surface area (Å²) in [5.41, 5.74) is 1.63. The molecule has 1 unspecified atom stereocenters. The van der Waals surface area contributed by atoms with Crippen LogP contribution in [-0.4, -0.2) is 57.8 Å². The zero-order chi connectivity index (χ0) is 16.7. The minimum Gasteiger partial charge on any atom is -0.465 e. The van der Waals surface area contributed by atoms with Crippen LogP contribution < -0.4 is 5.32 Å². The Morgan fingerprint density at radius 2 is 2.17 bits per heavy atom. The molecule has 6 nitrogen and oxygen atoms in total. The van der Waals surface area contributed by atoms with Crippen molar-refractivity contribution in [3.8, 4) is 0 Å². The summed E-state index contributed by atoms with van der Waals surface area (Å²) in [7, 11) is 5.20. The molecule has 0 bridgehead atoms. The topological polar surface area (TPSA) is 63.2 Å². The van der Waals surface area contributed by atoms with Gasteiger partial charge in [0, 0.05) is 39.7 Å². The number of carbonyl (C=O) groups excluding carboxylic acids is 1. The molecule has 1 heterocycles. The number of esters is 1. The van der Waals surface area contributed by atoms with Crippen LogP contribution in [0.25, 0.3) is 0 Å². The van der Waals surface area contributed by atoms with Gasteiger partial charge in [0.05, 0.1) is 19.3 Å². The van der Waals surface area contributed by atoms with Crippen LogP contribution in [0.4, 0.5) is 0 Å². The fourth-order valence-electron chi connectivity index (χ4n) is 2.64. The van der Waals surface area contributed by atoms with Crippen LogP contribution in [0.15, 0.2) is 29.3 Å². The molecule has 6 heteroatoms. The first-order valence-corrected chi connectivity index (χ1v) is 7.80. The quantitative estimate of drug-likeness (QED) is 0.506. The molecule has 1 saturated heterocycles. The summed E-state index contributed by atoms with van der Waals surface area (Å²) in [6, 6.07) is 7.37. The molecule has 0 aliphatic carbocycles. The van der Waals surface area contributed by atoms with E-state index in [0.717, 1.165) is 37.7 Å². The van der Waals surface area contributed by atoms with Gasteiger partial charge in [-0.2, -0.15) is 0 Å². The van der Waals surface area contributed by atoms with Gasteiger partial charge in [-0.25, -0.2) is 4.79 Å². The van der Waals surface area contributed by atoms with E-state index in [1.165, 1.54) is 7.11 Å². The monoisotopic (exact) mass is 319 g/mol. The predicted molar refractivity (Wildman–Crippen MR) is 89.5 cm³/mol. The Labute approximate surface area is 137 Å². The third-order valence-electron chi connectivity index (χ3n) is 3.96. The number of nitrogens with zero attached hydrogens (tertiary/aromatic N) is 2. The van der Waals surface area contributed by atoms with E-state index in [1.807, 2.05) is 19.2 Å². The zero-order valence-electron chi connectivity index (χ0n) is 14.0. The molecule has 0 aromatic heterocycles. The number of methoxy groups -OCH3 is 1. The van der Waals surface area contributed by atoms with Crippen molar-refractivity contribution in [2.75, 3.05) is 41.0 Å². The van der Waals surface area contributed by atoms with Crippen molar-refractivity contribution in [2.24, 2.45) is 10.9 Å². The second-order valence-electron chi connectivity index (χ2n) is 5.70. The highest BCUT2D eigenvalue weighted by Gasteiger charge is 2.19. The summed E-state index contributed by atoms with van der Waals surface area (Å²) in [6.07, 6.45) is 1.11. The van der Waals surface area contributed by atoms with Gasteiger partial charge in [-0.05, 0) is 24.1 Å². The first-order chi connectivity index (χ1) is 11.1. The smallest absolute Gasteiger partial charge is 0.337 e. The number of aliphatic imine (C=N–C) groups is 1. The first kappa shape index (κ1) is 17.3. The lowest BCUT2D eigenvalue weighted by atomic mass is 10.1. The molecule has 2 rings (SSSR count). The molecule has 1 fully saturated rings. The highest BCUT2D eigenvalue weighted by molar-refractivity contribution is 5.89. The van der Waals surface area contributed by atoms with E-state index >= 15 is 0 Å². The van der Waals surface area contributed by atoms with Crippen molar-refractivity contribution in [1.29, 1.82) is 0 Å². The number of benzene rings is 1. The standard InChI is InChI=1S/C17H25N3O3/c1-18-17(20(2)11-14-8-9-23-12-14)19-10-13-4-6-15(7-5-13)16(21)22-3/h4-7,14H,8-12H2,1-3H3,(H,18,19). The Balaban J connectivity index is 1.86. The van der Waals surface area contributed by atoms with Crippen molar-refractivity contribution in [1.82, 2.24) is 10.2 Å². The summed E-state index contributed by atoms with van der Waals surface area (Å²) < 4.78 is 10.1. The molecule has 0 spiro atoms. The maximum Gasteiger partial charge on any atom is 0.337 e. The van der Waals surface area contributed by atoms with E-state index in [2.05, 4.69) is 15.2 Å². The Hall–Kier alpha value is -2.08. The van der Waals surface area contributed by atoms with E-state index in [0.29, 0.717) is 18.0 Å². The fraction of sp³-hybridized carbons (Fsp3) is 0.529. The molecular weight excluding hydrogens is 294 g/mol. The summed E-state index contributed by atoms with van der Waals surface area (Å²) in [5.74, 6) is 1.10. The second kappa shape index (κ2) is 8.53. The number of hydrogen-bond donors (Lipinski definition) is 1. The van der Waals surface area contributed by atoms with E-state index < -0.39 is 0 Å². The van der Waals surface area contributed by atoms with Gasteiger partial charge in [-0.1, -0.05) is 12.1 Å². The van der Waals surface area contributed by atoms with Gasteiger partial charge in [0.2, 0.25) is 0 Å². The minimum atomic E-state index is -0.321. The summed E-state index contributed by atoms with van der Waals surface area (Å²) in [5, 5.41) is 3.34. The van der Waals surface area contributed by atoms with Crippen molar-refractivity contribution >= 4 is 11.9 Å². The molecule has 126 valence electrons. The molecule has 0 radical (unpaired) electrons. The summed E-state index contributed by atoms with van der Waals surface area (Å²) in [6.45, 7) is 3.27. The average Bonchev–Trinajstić information content (AvgIpc) is 3.08. The lowest BCUT2D eigenvalue weighted by Crippen LogP contribution is -2.41. The van der Waals surface area contributed by atoms with Gasteiger partial charge in [0.25, 0.3) is 0 Å². The van der Waals surface area contributed by atoms with Crippen molar-refractivity contribution in [3.05, 3.63) is 35.4 Å². The number of nitrogens with one attached hydrogen (secondary N) is 1. The van der Waals surface area contributed by atoms with Crippen LogP contribution in [-0.2, 0) is 16.0 Å². The fourth-order valence-corrected chi connectivity index (χ4v) is 2.64. The van der Waals surface area contributed by atoms with Crippen molar-refractivity contribution < 1.29 is 14.3 Å². The Morgan fingerprint density at radius 1 is 1.43 bits per heavy atom. The molecule has 1 aromatic carbocycles. The van der Waals surface area contributed by atoms with Crippen LogP contribution in [0.5, 0.6) is 0 Å². The number of guanidine groups is 1. The van der Waals surface area contributed by atoms with Crippen LogP contribution in [0.3, 0.4) is 0 Å². The van der Waals surface area contributed by atoms with Gasteiger partial charge in [-0.3, -0.25) is 4.99 Å². The second-order valence-corrected chi connectivity index (χ2v) is 5.70. The summed E-state index contributed by atoms with van der Waals surface area (Å²) in [4.78, 5) is 17.9. The Bertz CT molecular complexity index is 537. The van der Waals surface area contributed by atoms with E-state index in [-0.39, 0.29) is 5.97 Å². The summed E-state index contributed by atoms with van der Waals surface area (Å²) >= 11 is 0. The molecule has 1 aliphatic heterocycles. The highest BCUT2D eigenvalue weighted by Crippen LogP contribution is 2.13. The van der Waals surface area contributed by atoms with Crippen LogP contribution in [0.1, 0.15) is 22.3 Å². The Kier molecular flexibility index (Phi) is 6.40. The molecule has 1 aliphatic rings. The lowest BCUT2D eigenvalue weighted by molar-refractivity contribution is 0.0600. The number of carbonyl (C=O) groups is 1. The van der Waals surface area contributed by atoms with Gasteiger partial charge in [0.15, 0.2) is 5.96 Å². The maximum absolute atomic E-state index is 11.4. The molecule has 1 N–H and O–H groups in total. The highest BCUT2D eigenvalue weighted by atomic mass is 16.5. The number of ether oxygens (including phenoxy) is 2. The van der Waals surface area contributed by atoms with Gasteiger partial charge in [-0.15, -0.1) is 0 Å². The van der Waals surface area contributed by atoms with Gasteiger partial charge >= 0.3 is 5.97 Å². The van der Waals surface area contributed by atoms with Crippen molar-refractivity contribution in [3.63, 3.8) is 0 Å². The number of hydrogen-bond acceptors (Lipinski definition) is 4. The third kappa shape index (κ3) is 4.96. The van der Waals surface area contributed by atoms with E-state index in [4.69, 9.17) is 9.47 Å². The van der Waals surface area contributed by atoms with Crippen LogP contribution in [0.2, 0.25) is 0 Å². The third-order valence-corrected chi connectivity index (χ3v) is 3.96. The van der Waals surface area contributed by atoms with E-state index in [9.17, 15) is 4.79 Å². The average molecular weight is 319 g/mol. The molecule has 1 atom stereocenters. The zero-order valence-corrected chi connectivity index (χ0v) is 14.0. The first-order valence-electron chi connectivity index (χ1n) is 7.80. The predicted octanol–water partition coefficient (Wildman–Crippen LogP) is 1.52.